The Kier molecular flexibility index (Phi) is 3.19. The molecular weight excluding hydrogens is 186 g/mol. The summed E-state index contributed by atoms with van der Waals surface area (Å²) in [5, 5.41) is 2.62. The fourth-order valence-electron chi connectivity index (χ4n) is 1.01. The van der Waals surface area contributed by atoms with Crippen LogP contribution in [0.4, 0.5) is 5.69 Å². The average Bonchev–Trinajstić information content (AvgIpc) is 2.03. The summed E-state index contributed by atoms with van der Waals surface area (Å²) in [6, 6.07) is 7.06. The predicted molar refractivity (Wildman–Crippen MR) is 53.1 cm³/mol. The Morgan fingerprint density at radius 1 is 1.38 bits per heavy atom. The number of nitrogens with one attached hydrogen (secondary N) is 1. The van der Waals surface area contributed by atoms with Gasteiger partial charge in [-0.1, -0.05) is 12.1 Å². The maximum Gasteiger partial charge on any atom is 0.221 e. The summed E-state index contributed by atoms with van der Waals surface area (Å²) in [5.41, 5.74) is 0.621. The van der Waals surface area contributed by atoms with Crippen LogP contribution in [-0.4, -0.2) is 16.4 Å². The summed E-state index contributed by atoms with van der Waals surface area (Å²) in [5.74, 6) is -0.155. The van der Waals surface area contributed by atoms with E-state index in [9.17, 15) is 9.00 Å². The van der Waals surface area contributed by atoms with Gasteiger partial charge in [-0.25, -0.2) is 0 Å². The molecule has 1 rings (SSSR count). The Morgan fingerprint density at radius 2 is 2.00 bits per heavy atom. The van der Waals surface area contributed by atoms with E-state index in [-0.39, 0.29) is 5.91 Å². The van der Waals surface area contributed by atoms with Crippen LogP contribution in [-0.2, 0) is 15.6 Å². The smallest absolute Gasteiger partial charge is 0.221 e. The van der Waals surface area contributed by atoms with Crippen molar-refractivity contribution in [3.05, 3.63) is 24.3 Å². The molecule has 13 heavy (non-hydrogen) atoms. The van der Waals surface area contributed by atoms with Crippen molar-refractivity contribution < 1.29 is 9.00 Å². The van der Waals surface area contributed by atoms with Gasteiger partial charge in [0.25, 0.3) is 0 Å². The molecule has 0 saturated heterocycles. The van der Waals surface area contributed by atoms with Gasteiger partial charge in [-0.3, -0.25) is 9.00 Å². The van der Waals surface area contributed by atoms with Crippen LogP contribution in [0, 0.1) is 0 Å². The van der Waals surface area contributed by atoms with Crippen LogP contribution in [0.3, 0.4) is 0 Å². The molecule has 0 heterocycles. The lowest BCUT2D eigenvalue weighted by Gasteiger charge is -2.06. The second-order valence-corrected chi connectivity index (χ2v) is 3.98. The first-order valence-corrected chi connectivity index (χ1v) is 5.37. The van der Waals surface area contributed by atoms with E-state index in [1.54, 1.807) is 30.5 Å². The van der Waals surface area contributed by atoms with Crippen LogP contribution in [0.25, 0.3) is 0 Å². The number of anilines is 1. The lowest BCUT2D eigenvalue weighted by Crippen LogP contribution is -2.08. The highest BCUT2D eigenvalue weighted by atomic mass is 32.2. The zero-order chi connectivity index (χ0) is 9.84. The van der Waals surface area contributed by atoms with E-state index in [0.717, 1.165) is 0 Å². The van der Waals surface area contributed by atoms with Crippen LogP contribution in [0.15, 0.2) is 29.2 Å². The van der Waals surface area contributed by atoms with Gasteiger partial charge in [0.15, 0.2) is 0 Å². The lowest BCUT2D eigenvalue weighted by atomic mass is 10.3. The molecule has 4 heteroatoms. The van der Waals surface area contributed by atoms with Crippen molar-refractivity contribution in [1.82, 2.24) is 0 Å². The number of benzene rings is 1. The summed E-state index contributed by atoms with van der Waals surface area (Å²) in [6.45, 7) is 1.43. The van der Waals surface area contributed by atoms with Crippen molar-refractivity contribution in [3.8, 4) is 0 Å². The molecule has 1 amide bonds. The molecule has 0 unspecified atom stereocenters. The van der Waals surface area contributed by atoms with Gasteiger partial charge in [0, 0.05) is 13.2 Å². The third-order valence-corrected chi connectivity index (χ3v) is 2.48. The normalized spacial score (nSPS) is 12.2. The van der Waals surface area contributed by atoms with Crippen LogP contribution in [0.2, 0.25) is 0 Å². The molecule has 3 nitrogen and oxygen atoms in total. The van der Waals surface area contributed by atoms with E-state index >= 15 is 0 Å². The largest absolute Gasteiger partial charge is 0.325 e. The van der Waals surface area contributed by atoms with Crippen molar-refractivity contribution in [2.75, 3.05) is 11.6 Å². The van der Waals surface area contributed by atoms with Crippen LogP contribution in [0.1, 0.15) is 6.92 Å². The molecule has 0 aliphatic heterocycles. The highest BCUT2D eigenvalue weighted by Crippen LogP contribution is 2.17. The van der Waals surface area contributed by atoms with Gasteiger partial charge in [0.1, 0.15) is 0 Å². The average molecular weight is 197 g/mol. The highest BCUT2D eigenvalue weighted by Gasteiger charge is 2.05. The van der Waals surface area contributed by atoms with Crippen LogP contribution >= 0.6 is 0 Å². The Morgan fingerprint density at radius 3 is 2.54 bits per heavy atom. The Bertz CT molecular complexity index is 349. The van der Waals surface area contributed by atoms with Crippen molar-refractivity contribution in [2.45, 2.75) is 11.8 Å². The van der Waals surface area contributed by atoms with Gasteiger partial charge in [-0.15, -0.1) is 0 Å². The minimum atomic E-state index is -1.07. The second kappa shape index (κ2) is 4.18. The number of carbonyl (C=O) groups is 1. The minimum absolute atomic E-state index is 0.155. The summed E-state index contributed by atoms with van der Waals surface area (Å²) in [4.78, 5) is 11.4. The monoisotopic (exact) mass is 197 g/mol. The Labute approximate surface area is 79.6 Å². The van der Waals surface area contributed by atoms with Crippen molar-refractivity contribution in [2.24, 2.45) is 0 Å². The summed E-state index contributed by atoms with van der Waals surface area (Å²) in [7, 11) is -1.07. The molecule has 1 aromatic rings. The van der Waals surface area contributed by atoms with E-state index in [2.05, 4.69) is 5.32 Å². The van der Waals surface area contributed by atoms with Crippen molar-refractivity contribution >= 4 is 22.4 Å². The molecule has 1 aromatic carbocycles. The van der Waals surface area contributed by atoms with Crippen LogP contribution < -0.4 is 5.32 Å². The van der Waals surface area contributed by atoms with E-state index in [0.29, 0.717) is 10.6 Å². The molecule has 0 fully saturated rings. The standard InChI is InChI=1S/C9H11NO2S/c1-7(11)10-8-5-3-4-6-9(8)13(2)12/h3-6H,1-2H3,(H,10,11)/t13-/m1/s1. The van der Waals surface area contributed by atoms with Crippen molar-refractivity contribution in [3.63, 3.8) is 0 Å². The highest BCUT2D eigenvalue weighted by molar-refractivity contribution is 7.84. The molecule has 0 aromatic heterocycles. The maximum absolute atomic E-state index is 11.2. The minimum Gasteiger partial charge on any atom is -0.325 e. The van der Waals surface area contributed by atoms with Gasteiger partial charge >= 0.3 is 0 Å². The number of para-hydroxylation sites is 1. The molecule has 1 atom stereocenters. The van der Waals surface area contributed by atoms with E-state index in [1.807, 2.05) is 0 Å². The second-order valence-electron chi connectivity index (χ2n) is 2.63. The fraction of sp³-hybridized carbons (Fsp3) is 0.222. The van der Waals surface area contributed by atoms with Gasteiger partial charge in [-0.05, 0) is 12.1 Å². The number of hydrogen-bond donors (Lipinski definition) is 1. The topological polar surface area (TPSA) is 46.2 Å². The molecule has 0 saturated carbocycles. The van der Waals surface area contributed by atoms with Gasteiger partial charge in [-0.2, -0.15) is 0 Å². The van der Waals surface area contributed by atoms with E-state index < -0.39 is 10.8 Å². The first-order valence-electron chi connectivity index (χ1n) is 3.81. The third kappa shape index (κ3) is 2.66. The summed E-state index contributed by atoms with van der Waals surface area (Å²) in [6.07, 6.45) is 1.58. The molecule has 0 radical (unpaired) electrons. The first-order chi connectivity index (χ1) is 6.11. The molecule has 0 aliphatic carbocycles. The first kappa shape index (κ1) is 9.92. The molecular formula is C9H11NO2S. The van der Waals surface area contributed by atoms with Crippen LogP contribution in [0.5, 0.6) is 0 Å². The fourth-order valence-corrected chi connectivity index (χ4v) is 1.71. The van der Waals surface area contributed by atoms with Crippen molar-refractivity contribution in [1.29, 1.82) is 0 Å². The molecule has 0 bridgehead atoms. The van der Waals surface area contributed by atoms with E-state index in [1.165, 1.54) is 6.92 Å². The lowest BCUT2D eigenvalue weighted by molar-refractivity contribution is -0.114. The van der Waals surface area contributed by atoms with E-state index in [4.69, 9.17) is 0 Å². The molecule has 70 valence electrons. The number of amides is 1. The Hall–Kier alpha value is -1.16. The SMILES string of the molecule is CC(=O)Nc1ccccc1[S@@](C)=O. The molecule has 1 N–H and O–H groups in total. The zero-order valence-electron chi connectivity index (χ0n) is 7.53. The summed E-state index contributed by atoms with van der Waals surface area (Å²) < 4.78 is 11.2. The van der Waals surface area contributed by atoms with Gasteiger partial charge in [0.2, 0.25) is 5.91 Å². The van der Waals surface area contributed by atoms with Gasteiger partial charge < -0.3 is 5.32 Å². The third-order valence-electron chi connectivity index (χ3n) is 1.51. The number of carbonyl (C=O) groups excluding carboxylic acids is 1. The number of rotatable bonds is 2. The Balaban J connectivity index is 3.04. The summed E-state index contributed by atoms with van der Waals surface area (Å²) >= 11 is 0. The number of hydrogen-bond acceptors (Lipinski definition) is 2. The van der Waals surface area contributed by atoms with Gasteiger partial charge in [0.05, 0.1) is 21.4 Å². The maximum atomic E-state index is 11.2. The quantitative estimate of drug-likeness (QED) is 0.778. The predicted octanol–water partition coefficient (Wildman–Crippen LogP) is 1.38. The zero-order valence-corrected chi connectivity index (χ0v) is 8.35. The molecule has 0 aliphatic rings. The molecule has 0 spiro atoms.